The number of ketones is 1. The van der Waals surface area contributed by atoms with Crippen LogP contribution >= 0.6 is 0 Å². The van der Waals surface area contributed by atoms with Crippen LogP contribution in [0.4, 0.5) is 14.5 Å². The van der Waals surface area contributed by atoms with Crippen molar-refractivity contribution in [2.24, 2.45) is 30.0 Å². The number of allylic oxidation sites excluding steroid dienone is 3. The molecule has 0 spiro atoms. The normalized spacial score (nSPS) is 22.6. The SMILES string of the molecule is CC(C1CCC2=CC(N(N)c3ccc(F)nc3)=C(N)CC2(C(=O)c2cc(F)ccn2)C1)S(=O)c1cnn(C)c1. The third-order valence-electron chi connectivity index (χ3n) is 7.70. The Bertz CT molecular complexity index is 1500. The highest BCUT2D eigenvalue weighted by molar-refractivity contribution is 7.85. The van der Waals surface area contributed by atoms with Gasteiger partial charge >= 0.3 is 0 Å². The number of aryl methyl sites for hydroxylation is 1. The fraction of sp³-hybridized carbons (Fsp3) is 0.333. The van der Waals surface area contributed by atoms with E-state index in [0.717, 1.165) is 11.6 Å². The number of carbonyl (C=O) groups is 1. The molecule has 4 unspecified atom stereocenters. The van der Waals surface area contributed by atoms with Gasteiger partial charge in [-0.05, 0) is 49.5 Å². The molecule has 4 N–H and O–H groups in total. The van der Waals surface area contributed by atoms with Crippen molar-refractivity contribution >= 4 is 22.3 Å². The van der Waals surface area contributed by atoms with E-state index in [2.05, 4.69) is 15.1 Å². The quantitative estimate of drug-likeness (QED) is 0.197. The lowest BCUT2D eigenvalue weighted by molar-refractivity contribution is 0.0749. The Morgan fingerprint density at radius 3 is 2.72 bits per heavy atom. The summed E-state index contributed by atoms with van der Waals surface area (Å²) >= 11 is 0. The van der Waals surface area contributed by atoms with E-state index in [1.54, 1.807) is 30.2 Å². The molecule has 0 bridgehead atoms. The Balaban J connectivity index is 1.52. The van der Waals surface area contributed by atoms with Crippen LogP contribution < -0.4 is 16.6 Å². The van der Waals surface area contributed by atoms with Crippen molar-refractivity contribution in [1.82, 2.24) is 19.7 Å². The topological polar surface area (TPSA) is 133 Å². The summed E-state index contributed by atoms with van der Waals surface area (Å²) in [5, 5.41) is 5.18. The molecule has 0 aliphatic heterocycles. The number of hydrogen-bond donors (Lipinski definition) is 2. The fourth-order valence-corrected chi connectivity index (χ4v) is 7.01. The first-order chi connectivity index (χ1) is 18.6. The number of nitrogens with two attached hydrogens (primary N) is 2. The highest BCUT2D eigenvalue weighted by atomic mass is 32.2. The number of hydrogen-bond acceptors (Lipinski definition) is 8. The minimum atomic E-state index is -1.35. The highest BCUT2D eigenvalue weighted by Crippen LogP contribution is 2.53. The molecule has 39 heavy (non-hydrogen) atoms. The van der Waals surface area contributed by atoms with Crippen molar-refractivity contribution in [3.8, 4) is 0 Å². The third kappa shape index (κ3) is 5.01. The van der Waals surface area contributed by atoms with Gasteiger partial charge in [-0.25, -0.2) is 15.2 Å². The zero-order valence-corrected chi connectivity index (χ0v) is 22.4. The number of aromatic nitrogens is 4. The first-order valence-electron chi connectivity index (χ1n) is 12.5. The van der Waals surface area contributed by atoms with Crippen LogP contribution in [0.15, 0.2) is 77.0 Å². The molecule has 3 aromatic heterocycles. The maximum absolute atomic E-state index is 14.1. The lowest BCUT2D eigenvalue weighted by Gasteiger charge is -2.46. The number of rotatable bonds is 7. The molecule has 2 aliphatic rings. The molecule has 4 atom stereocenters. The predicted molar refractivity (Wildman–Crippen MR) is 142 cm³/mol. The van der Waals surface area contributed by atoms with Crippen molar-refractivity contribution in [2.75, 3.05) is 5.01 Å². The van der Waals surface area contributed by atoms with E-state index in [0.29, 0.717) is 41.2 Å². The third-order valence-corrected chi connectivity index (χ3v) is 9.43. The molecular weight excluding hydrogens is 524 g/mol. The standard InChI is InChI=1S/C27H29F2N7O2S/c1-16(39(38)21-14-34-35(2)15-21)17-3-4-18-9-24(36(31)20-5-6-25(29)33-13-20)22(30)12-27(18,11-17)26(37)23-10-19(28)7-8-32-23/h5-10,13-17H,3-4,11-12,30-31H2,1-2H3. The smallest absolute Gasteiger partial charge is 0.212 e. The van der Waals surface area contributed by atoms with Crippen LogP contribution in [0.5, 0.6) is 0 Å². The van der Waals surface area contributed by atoms with Gasteiger partial charge in [-0.1, -0.05) is 12.5 Å². The minimum Gasteiger partial charge on any atom is -0.400 e. The molecule has 9 nitrogen and oxygen atoms in total. The molecule has 2 aliphatic carbocycles. The molecule has 1 saturated carbocycles. The van der Waals surface area contributed by atoms with Crippen LogP contribution in [0.3, 0.4) is 0 Å². The summed E-state index contributed by atoms with van der Waals surface area (Å²) in [5.74, 6) is 4.72. The molecule has 0 saturated heterocycles. The summed E-state index contributed by atoms with van der Waals surface area (Å²) in [5.41, 5.74) is 7.50. The Labute approximate surface area is 227 Å². The van der Waals surface area contributed by atoms with Gasteiger partial charge in [0.05, 0.1) is 44.9 Å². The van der Waals surface area contributed by atoms with E-state index in [1.807, 2.05) is 6.92 Å². The summed E-state index contributed by atoms with van der Waals surface area (Å²) in [6, 6.07) is 4.99. The molecule has 1 fully saturated rings. The van der Waals surface area contributed by atoms with Gasteiger partial charge in [0.15, 0.2) is 5.78 Å². The summed E-state index contributed by atoms with van der Waals surface area (Å²) in [4.78, 5) is 22.6. The Hall–Kier alpha value is -3.77. The average Bonchev–Trinajstić information content (AvgIpc) is 3.37. The molecular formula is C27H29F2N7O2S. The molecule has 3 aromatic rings. The number of carbonyl (C=O) groups excluding carboxylic acids is 1. The zero-order valence-electron chi connectivity index (χ0n) is 21.6. The summed E-state index contributed by atoms with van der Waals surface area (Å²) in [6.45, 7) is 1.91. The number of fused-ring (bicyclic) bond motifs is 1. The van der Waals surface area contributed by atoms with E-state index in [4.69, 9.17) is 11.6 Å². The second-order valence-corrected chi connectivity index (χ2v) is 11.9. The molecule has 0 radical (unpaired) electrons. The molecule has 12 heteroatoms. The fourth-order valence-electron chi connectivity index (χ4n) is 5.59. The van der Waals surface area contributed by atoms with Crippen LogP contribution in [0.2, 0.25) is 0 Å². The number of halogens is 2. The van der Waals surface area contributed by atoms with E-state index in [1.165, 1.54) is 35.6 Å². The van der Waals surface area contributed by atoms with Gasteiger partial charge < -0.3 is 5.73 Å². The Morgan fingerprint density at radius 2 is 2.05 bits per heavy atom. The van der Waals surface area contributed by atoms with Crippen molar-refractivity contribution in [2.45, 2.75) is 42.8 Å². The zero-order chi connectivity index (χ0) is 27.9. The van der Waals surface area contributed by atoms with Gasteiger partial charge in [-0.2, -0.15) is 9.49 Å². The Morgan fingerprint density at radius 1 is 1.26 bits per heavy atom. The number of hydrazine groups is 1. The largest absolute Gasteiger partial charge is 0.400 e. The van der Waals surface area contributed by atoms with Crippen molar-refractivity contribution in [3.05, 3.63) is 89.6 Å². The Kier molecular flexibility index (Phi) is 7.17. The van der Waals surface area contributed by atoms with E-state index in [-0.39, 0.29) is 29.1 Å². The van der Waals surface area contributed by atoms with Crippen LogP contribution in [-0.4, -0.2) is 35.0 Å². The number of pyridine rings is 2. The lowest BCUT2D eigenvalue weighted by Crippen LogP contribution is -2.46. The van der Waals surface area contributed by atoms with Crippen molar-refractivity contribution in [3.63, 3.8) is 0 Å². The first kappa shape index (κ1) is 26.8. The van der Waals surface area contributed by atoms with E-state index >= 15 is 0 Å². The summed E-state index contributed by atoms with van der Waals surface area (Å²) in [6.07, 6.45) is 9.35. The van der Waals surface area contributed by atoms with Crippen LogP contribution in [-0.2, 0) is 17.8 Å². The average molecular weight is 554 g/mol. The highest BCUT2D eigenvalue weighted by Gasteiger charge is 2.50. The molecule has 5 rings (SSSR count). The molecule has 3 heterocycles. The second-order valence-electron chi connectivity index (χ2n) is 10.1. The minimum absolute atomic E-state index is 0.00572. The van der Waals surface area contributed by atoms with Gasteiger partial charge in [0, 0.05) is 42.9 Å². The van der Waals surface area contributed by atoms with Gasteiger partial charge in [0.1, 0.15) is 11.5 Å². The number of anilines is 1. The number of nitrogens with zero attached hydrogens (tertiary/aromatic N) is 5. The maximum Gasteiger partial charge on any atom is 0.212 e. The maximum atomic E-state index is 14.1. The summed E-state index contributed by atoms with van der Waals surface area (Å²) < 4.78 is 42.5. The summed E-state index contributed by atoms with van der Waals surface area (Å²) in [7, 11) is 0.419. The van der Waals surface area contributed by atoms with E-state index < -0.39 is 28.0 Å². The van der Waals surface area contributed by atoms with E-state index in [9.17, 15) is 17.8 Å². The van der Waals surface area contributed by atoms with Crippen LogP contribution in [0, 0.1) is 23.1 Å². The van der Waals surface area contributed by atoms with Crippen molar-refractivity contribution in [1.29, 1.82) is 0 Å². The van der Waals surface area contributed by atoms with Gasteiger partial charge in [0.25, 0.3) is 0 Å². The van der Waals surface area contributed by atoms with Gasteiger partial charge in [0.2, 0.25) is 5.95 Å². The van der Waals surface area contributed by atoms with Crippen LogP contribution in [0.25, 0.3) is 0 Å². The molecule has 0 amide bonds. The van der Waals surface area contributed by atoms with Crippen molar-refractivity contribution < 1.29 is 17.8 Å². The first-order valence-corrected chi connectivity index (χ1v) is 13.7. The predicted octanol–water partition coefficient (Wildman–Crippen LogP) is 3.53. The second kappa shape index (κ2) is 10.4. The van der Waals surface area contributed by atoms with Gasteiger partial charge in [-0.15, -0.1) is 0 Å². The van der Waals surface area contributed by atoms with Gasteiger partial charge in [-0.3, -0.25) is 23.7 Å². The van der Waals surface area contributed by atoms with Crippen LogP contribution in [0.1, 0.15) is 43.1 Å². The lowest BCUT2D eigenvalue weighted by atomic mass is 9.59. The molecule has 0 aromatic carbocycles. The monoisotopic (exact) mass is 553 g/mol. The molecule has 204 valence electrons. The number of Topliss-reactive ketones (excluding diaryl/α,β-unsaturated/α-hetero) is 1.